The highest BCUT2D eigenvalue weighted by Gasteiger charge is 2.26. The van der Waals surface area contributed by atoms with Gasteiger partial charge in [0.2, 0.25) is 0 Å². The summed E-state index contributed by atoms with van der Waals surface area (Å²) < 4.78 is 5.75. The molecule has 4 atom stereocenters. The fraction of sp³-hybridized carbons (Fsp3) is 0.667. The van der Waals surface area contributed by atoms with Crippen molar-refractivity contribution in [3.8, 4) is 5.75 Å². The average Bonchev–Trinajstić information content (AvgIpc) is 2.43. The third-order valence-corrected chi connectivity index (χ3v) is 4.58. The van der Waals surface area contributed by atoms with Crippen molar-refractivity contribution in [2.24, 2.45) is 11.8 Å². The van der Waals surface area contributed by atoms with Crippen LogP contribution < -0.4 is 10.1 Å². The van der Waals surface area contributed by atoms with Gasteiger partial charge in [0.05, 0.1) is 6.61 Å². The van der Waals surface area contributed by atoms with Gasteiger partial charge in [-0.05, 0) is 51.0 Å². The largest absolute Gasteiger partial charge is 0.494 e. The topological polar surface area (TPSA) is 21.3 Å². The molecule has 1 aliphatic carbocycles. The molecular formula is C18H29NO. The van der Waals surface area contributed by atoms with E-state index in [1.54, 1.807) is 0 Å². The smallest absolute Gasteiger partial charge is 0.124 e. The summed E-state index contributed by atoms with van der Waals surface area (Å²) in [7, 11) is 0. The molecule has 0 aromatic heterocycles. The molecule has 0 bridgehead atoms. The van der Waals surface area contributed by atoms with Crippen molar-refractivity contribution >= 4 is 0 Å². The van der Waals surface area contributed by atoms with Crippen LogP contribution in [0.25, 0.3) is 0 Å². The lowest BCUT2D eigenvalue weighted by Gasteiger charge is -2.35. The van der Waals surface area contributed by atoms with Crippen LogP contribution in [0.2, 0.25) is 0 Å². The number of hydrogen-bond acceptors (Lipinski definition) is 2. The Labute approximate surface area is 123 Å². The number of ether oxygens (including phenoxy) is 1. The highest BCUT2D eigenvalue weighted by molar-refractivity contribution is 5.35. The van der Waals surface area contributed by atoms with E-state index in [1.807, 2.05) is 13.0 Å². The van der Waals surface area contributed by atoms with Crippen LogP contribution in [0.1, 0.15) is 58.6 Å². The maximum absolute atomic E-state index is 5.75. The first-order chi connectivity index (χ1) is 9.61. The Morgan fingerprint density at radius 1 is 1.25 bits per heavy atom. The van der Waals surface area contributed by atoms with Crippen molar-refractivity contribution in [2.45, 2.75) is 59.0 Å². The van der Waals surface area contributed by atoms with Crippen LogP contribution in [0.4, 0.5) is 0 Å². The van der Waals surface area contributed by atoms with E-state index in [4.69, 9.17) is 4.74 Å². The van der Waals surface area contributed by atoms with Gasteiger partial charge in [-0.3, -0.25) is 0 Å². The molecule has 0 heterocycles. The standard InChI is InChI=1S/C18H29NO/c1-5-20-18-9-7-6-8-16(18)15(4)19-17-11-10-13(2)12-14(17)3/h6-9,13-15,17,19H,5,10-12H2,1-4H3. The van der Waals surface area contributed by atoms with Crippen LogP contribution in [0.5, 0.6) is 5.75 Å². The van der Waals surface area contributed by atoms with Gasteiger partial charge >= 0.3 is 0 Å². The van der Waals surface area contributed by atoms with Crippen molar-refractivity contribution < 1.29 is 4.74 Å². The summed E-state index contributed by atoms with van der Waals surface area (Å²) in [6, 6.07) is 9.38. The molecule has 1 aromatic rings. The first kappa shape index (κ1) is 15.4. The van der Waals surface area contributed by atoms with E-state index in [9.17, 15) is 0 Å². The molecule has 0 spiro atoms. The first-order valence-corrected chi connectivity index (χ1v) is 8.09. The zero-order chi connectivity index (χ0) is 14.5. The summed E-state index contributed by atoms with van der Waals surface area (Å²) in [5.41, 5.74) is 1.28. The van der Waals surface area contributed by atoms with E-state index in [0.717, 1.165) is 24.2 Å². The molecule has 1 aromatic carbocycles. The second kappa shape index (κ2) is 7.12. The molecule has 4 unspecified atom stereocenters. The van der Waals surface area contributed by atoms with Crippen molar-refractivity contribution in [3.05, 3.63) is 29.8 Å². The predicted octanol–water partition coefficient (Wildman–Crippen LogP) is 4.56. The molecule has 0 amide bonds. The monoisotopic (exact) mass is 275 g/mol. The Morgan fingerprint density at radius 3 is 2.70 bits per heavy atom. The lowest BCUT2D eigenvalue weighted by molar-refractivity contribution is 0.215. The van der Waals surface area contributed by atoms with E-state index in [-0.39, 0.29) is 0 Å². The van der Waals surface area contributed by atoms with Gasteiger partial charge in [0.1, 0.15) is 5.75 Å². The van der Waals surface area contributed by atoms with Crippen LogP contribution in [0, 0.1) is 11.8 Å². The third-order valence-electron chi connectivity index (χ3n) is 4.58. The van der Waals surface area contributed by atoms with E-state index in [2.05, 4.69) is 44.3 Å². The highest BCUT2D eigenvalue weighted by atomic mass is 16.5. The Kier molecular flexibility index (Phi) is 5.47. The molecule has 0 radical (unpaired) electrons. The van der Waals surface area contributed by atoms with E-state index in [0.29, 0.717) is 12.1 Å². The van der Waals surface area contributed by atoms with Gasteiger partial charge in [-0.15, -0.1) is 0 Å². The van der Waals surface area contributed by atoms with Gasteiger partial charge < -0.3 is 10.1 Å². The maximum atomic E-state index is 5.75. The molecule has 2 heteroatoms. The summed E-state index contributed by atoms with van der Waals surface area (Å²) in [4.78, 5) is 0. The lowest BCUT2D eigenvalue weighted by atomic mass is 9.79. The summed E-state index contributed by atoms with van der Waals surface area (Å²) in [5.74, 6) is 2.67. The van der Waals surface area contributed by atoms with Crippen molar-refractivity contribution in [2.75, 3.05) is 6.61 Å². The Balaban J connectivity index is 2.02. The Bertz CT molecular complexity index is 418. The van der Waals surface area contributed by atoms with Crippen LogP contribution in [0.15, 0.2) is 24.3 Å². The summed E-state index contributed by atoms with van der Waals surface area (Å²) in [5, 5.41) is 3.82. The van der Waals surface area contributed by atoms with Gasteiger partial charge in [0.15, 0.2) is 0 Å². The zero-order valence-electron chi connectivity index (χ0n) is 13.4. The summed E-state index contributed by atoms with van der Waals surface area (Å²) >= 11 is 0. The lowest BCUT2D eigenvalue weighted by Crippen LogP contribution is -2.40. The average molecular weight is 275 g/mol. The zero-order valence-corrected chi connectivity index (χ0v) is 13.4. The molecule has 20 heavy (non-hydrogen) atoms. The Morgan fingerprint density at radius 2 is 2.00 bits per heavy atom. The van der Waals surface area contributed by atoms with Gasteiger partial charge in [0, 0.05) is 17.6 Å². The van der Waals surface area contributed by atoms with Gasteiger partial charge in [-0.1, -0.05) is 32.0 Å². The number of para-hydroxylation sites is 1. The minimum atomic E-state index is 0.346. The minimum Gasteiger partial charge on any atom is -0.494 e. The van der Waals surface area contributed by atoms with Crippen molar-refractivity contribution in [3.63, 3.8) is 0 Å². The van der Waals surface area contributed by atoms with Crippen LogP contribution >= 0.6 is 0 Å². The van der Waals surface area contributed by atoms with Gasteiger partial charge in [-0.2, -0.15) is 0 Å². The molecular weight excluding hydrogens is 246 g/mol. The van der Waals surface area contributed by atoms with Crippen molar-refractivity contribution in [1.29, 1.82) is 0 Å². The van der Waals surface area contributed by atoms with E-state index < -0.39 is 0 Å². The minimum absolute atomic E-state index is 0.346. The van der Waals surface area contributed by atoms with Gasteiger partial charge in [0.25, 0.3) is 0 Å². The number of benzene rings is 1. The molecule has 1 saturated carbocycles. The molecule has 112 valence electrons. The van der Waals surface area contributed by atoms with Gasteiger partial charge in [-0.25, -0.2) is 0 Å². The van der Waals surface area contributed by atoms with Crippen LogP contribution in [-0.4, -0.2) is 12.6 Å². The molecule has 0 aliphatic heterocycles. The highest BCUT2D eigenvalue weighted by Crippen LogP contribution is 2.32. The number of hydrogen-bond donors (Lipinski definition) is 1. The summed E-state index contributed by atoms with van der Waals surface area (Å²) in [6.07, 6.45) is 3.99. The second-order valence-corrected chi connectivity index (χ2v) is 6.36. The van der Waals surface area contributed by atoms with Crippen LogP contribution in [-0.2, 0) is 0 Å². The Hall–Kier alpha value is -1.02. The first-order valence-electron chi connectivity index (χ1n) is 8.09. The number of rotatable bonds is 5. The molecule has 1 N–H and O–H groups in total. The number of nitrogens with one attached hydrogen (secondary N) is 1. The molecule has 0 saturated heterocycles. The normalized spacial score (nSPS) is 28.1. The molecule has 2 nitrogen and oxygen atoms in total. The fourth-order valence-electron chi connectivity index (χ4n) is 3.45. The van der Waals surface area contributed by atoms with Crippen molar-refractivity contribution in [1.82, 2.24) is 5.32 Å². The van der Waals surface area contributed by atoms with E-state index >= 15 is 0 Å². The maximum Gasteiger partial charge on any atom is 0.124 e. The third kappa shape index (κ3) is 3.76. The molecule has 1 fully saturated rings. The summed E-state index contributed by atoms with van der Waals surface area (Å²) in [6.45, 7) is 9.78. The quantitative estimate of drug-likeness (QED) is 0.850. The SMILES string of the molecule is CCOc1ccccc1C(C)NC1CCC(C)CC1C. The predicted molar refractivity (Wildman–Crippen MR) is 85.1 cm³/mol. The molecule has 2 rings (SSSR count). The molecule has 1 aliphatic rings. The second-order valence-electron chi connectivity index (χ2n) is 6.36. The van der Waals surface area contributed by atoms with Crippen LogP contribution in [0.3, 0.4) is 0 Å². The fourth-order valence-corrected chi connectivity index (χ4v) is 3.45. The van der Waals surface area contributed by atoms with E-state index in [1.165, 1.54) is 24.8 Å².